The maximum absolute atomic E-state index is 12.6. The van der Waals surface area contributed by atoms with Gasteiger partial charge in [-0.2, -0.15) is 0 Å². The first kappa shape index (κ1) is 13.5. The smallest absolute Gasteiger partial charge is 0.246 e. The normalized spacial score (nSPS) is 22.1. The summed E-state index contributed by atoms with van der Waals surface area (Å²) in [5, 5.41) is 0. The molecule has 0 spiro atoms. The molecule has 2 amide bonds. The summed E-state index contributed by atoms with van der Waals surface area (Å²) in [5.41, 5.74) is 2.23. The van der Waals surface area contributed by atoms with Crippen LogP contribution in [0.3, 0.4) is 0 Å². The number of carbonyl (C=O) groups excluding carboxylic acids is 2. The number of nitrogens with zero attached hydrogens (tertiary/aromatic N) is 2. The Labute approximate surface area is 123 Å². The highest BCUT2D eigenvalue weighted by Gasteiger charge is 2.31. The standard InChI is InChI=1S/C15H18N2O2S/c1-11-6-7-12-4-2-3-5-13(12)17(11)14(18)8-16-10-20-9-15(16)19/h2-5,11H,6-10H2,1H3. The number of fused-ring (bicyclic) bond motifs is 1. The second kappa shape index (κ2) is 5.48. The van der Waals surface area contributed by atoms with Crippen LogP contribution in [-0.4, -0.2) is 40.9 Å². The maximum Gasteiger partial charge on any atom is 0.246 e. The fourth-order valence-electron chi connectivity index (χ4n) is 2.85. The van der Waals surface area contributed by atoms with Gasteiger partial charge >= 0.3 is 0 Å². The molecule has 0 saturated carbocycles. The van der Waals surface area contributed by atoms with E-state index >= 15 is 0 Å². The summed E-state index contributed by atoms with van der Waals surface area (Å²) in [6.07, 6.45) is 1.99. The number of hydrogen-bond acceptors (Lipinski definition) is 3. The van der Waals surface area contributed by atoms with Crippen molar-refractivity contribution in [2.45, 2.75) is 25.8 Å². The van der Waals surface area contributed by atoms with E-state index in [-0.39, 0.29) is 24.4 Å². The Bertz CT molecular complexity index is 546. The molecule has 0 radical (unpaired) electrons. The van der Waals surface area contributed by atoms with E-state index in [4.69, 9.17) is 0 Å². The molecule has 1 saturated heterocycles. The maximum atomic E-state index is 12.6. The van der Waals surface area contributed by atoms with Crippen molar-refractivity contribution in [3.8, 4) is 0 Å². The Hall–Kier alpha value is -1.49. The second-order valence-corrected chi connectivity index (χ2v) is 6.30. The molecule has 5 heteroatoms. The largest absolute Gasteiger partial charge is 0.323 e. The second-order valence-electron chi connectivity index (χ2n) is 5.35. The zero-order valence-corrected chi connectivity index (χ0v) is 12.4. The van der Waals surface area contributed by atoms with Crippen molar-refractivity contribution in [1.82, 2.24) is 4.90 Å². The van der Waals surface area contributed by atoms with E-state index in [1.54, 1.807) is 16.7 Å². The van der Waals surface area contributed by atoms with Crippen LogP contribution in [0.4, 0.5) is 5.69 Å². The Morgan fingerprint density at radius 2 is 2.20 bits per heavy atom. The highest BCUT2D eigenvalue weighted by atomic mass is 32.2. The van der Waals surface area contributed by atoms with Crippen LogP contribution < -0.4 is 4.90 Å². The van der Waals surface area contributed by atoms with Gasteiger partial charge in [-0.1, -0.05) is 18.2 Å². The Morgan fingerprint density at radius 3 is 2.95 bits per heavy atom. The van der Waals surface area contributed by atoms with Gasteiger partial charge in [0.05, 0.1) is 11.6 Å². The lowest BCUT2D eigenvalue weighted by atomic mass is 9.96. The van der Waals surface area contributed by atoms with E-state index in [9.17, 15) is 9.59 Å². The summed E-state index contributed by atoms with van der Waals surface area (Å²) in [5.74, 6) is 1.23. The fourth-order valence-corrected chi connectivity index (χ4v) is 3.75. The van der Waals surface area contributed by atoms with Gasteiger partial charge in [0.15, 0.2) is 0 Å². The van der Waals surface area contributed by atoms with E-state index < -0.39 is 0 Å². The molecular weight excluding hydrogens is 272 g/mol. The summed E-state index contributed by atoms with van der Waals surface area (Å²) < 4.78 is 0. The third-order valence-electron chi connectivity index (χ3n) is 3.94. The molecule has 2 aliphatic rings. The topological polar surface area (TPSA) is 40.6 Å². The first-order chi connectivity index (χ1) is 9.66. The fraction of sp³-hybridized carbons (Fsp3) is 0.467. The van der Waals surface area contributed by atoms with Crippen molar-refractivity contribution in [2.24, 2.45) is 0 Å². The van der Waals surface area contributed by atoms with Gasteiger partial charge in [0, 0.05) is 11.7 Å². The quantitative estimate of drug-likeness (QED) is 0.835. The van der Waals surface area contributed by atoms with Gasteiger partial charge in [0.2, 0.25) is 11.8 Å². The predicted molar refractivity (Wildman–Crippen MR) is 80.7 cm³/mol. The molecule has 2 heterocycles. The SMILES string of the molecule is CC1CCc2ccccc2N1C(=O)CN1CSCC1=O. The Balaban J connectivity index is 1.81. The van der Waals surface area contributed by atoms with Crippen LogP contribution in [0.1, 0.15) is 18.9 Å². The van der Waals surface area contributed by atoms with Gasteiger partial charge in [-0.15, -0.1) is 11.8 Å². The number of rotatable bonds is 2. The van der Waals surface area contributed by atoms with Crippen LogP contribution in [0.5, 0.6) is 0 Å². The highest BCUT2D eigenvalue weighted by Crippen LogP contribution is 2.30. The van der Waals surface area contributed by atoms with Gasteiger partial charge in [-0.25, -0.2) is 0 Å². The van der Waals surface area contributed by atoms with Crippen LogP contribution >= 0.6 is 11.8 Å². The molecule has 0 aromatic heterocycles. The minimum absolute atomic E-state index is 0.0282. The van der Waals surface area contributed by atoms with E-state index in [1.165, 1.54) is 5.56 Å². The van der Waals surface area contributed by atoms with E-state index in [0.29, 0.717) is 11.6 Å². The number of carbonyl (C=O) groups is 2. The Kier molecular flexibility index (Phi) is 3.70. The minimum atomic E-state index is 0.0282. The molecule has 1 unspecified atom stereocenters. The third kappa shape index (κ3) is 2.42. The van der Waals surface area contributed by atoms with E-state index in [1.807, 2.05) is 23.1 Å². The van der Waals surface area contributed by atoms with Crippen LogP contribution in [0.25, 0.3) is 0 Å². The van der Waals surface area contributed by atoms with Crippen LogP contribution in [0, 0.1) is 0 Å². The molecular formula is C15H18N2O2S. The minimum Gasteiger partial charge on any atom is -0.323 e. The number of amides is 2. The summed E-state index contributed by atoms with van der Waals surface area (Å²) in [6, 6.07) is 8.26. The molecule has 2 aliphatic heterocycles. The molecule has 20 heavy (non-hydrogen) atoms. The molecule has 0 bridgehead atoms. The monoisotopic (exact) mass is 290 g/mol. The number of anilines is 1. The highest BCUT2D eigenvalue weighted by molar-refractivity contribution is 8.00. The van der Waals surface area contributed by atoms with Crippen LogP contribution in [0.2, 0.25) is 0 Å². The summed E-state index contributed by atoms with van der Waals surface area (Å²) in [4.78, 5) is 27.8. The molecule has 4 nitrogen and oxygen atoms in total. The molecule has 0 N–H and O–H groups in total. The number of para-hydroxylation sites is 1. The number of aryl methyl sites for hydroxylation is 1. The van der Waals surface area contributed by atoms with Crippen LogP contribution in [-0.2, 0) is 16.0 Å². The Morgan fingerprint density at radius 1 is 1.40 bits per heavy atom. The average Bonchev–Trinajstić information content (AvgIpc) is 2.84. The molecule has 106 valence electrons. The summed E-state index contributed by atoms with van der Waals surface area (Å²) in [7, 11) is 0. The number of thioether (sulfide) groups is 1. The van der Waals surface area contributed by atoms with Gasteiger partial charge < -0.3 is 9.80 Å². The van der Waals surface area contributed by atoms with Crippen molar-refractivity contribution < 1.29 is 9.59 Å². The summed E-state index contributed by atoms with van der Waals surface area (Å²) in [6.45, 7) is 2.28. The van der Waals surface area contributed by atoms with Crippen molar-refractivity contribution in [3.63, 3.8) is 0 Å². The molecule has 0 aliphatic carbocycles. The lowest BCUT2D eigenvalue weighted by Crippen LogP contribution is -2.47. The average molecular weight is 290 g/mol. The van der Waals surface area contributed by atoms with E-state index in [2.05, 4.69) is 13.0 Å². The first-order valence-corrected chi connectivity index (χ1v) is 8.08. The van der Waals surface area contributed by atoms with E-state index in [0.717, 1.165) is 18.5 Å². The zero-order valence-electron chi connectivity index (χ0n) is 11.5. The van der Waals surface area contributed by atoms with Crippen molar-refractivity contribution in [3.05, 3.63) is 29.8 Å². The number of benzene rings is 1. The molecule has 3 rings (SSSR count). The van der Waals surface area contributed by atoms with Gasteiger partial charge in [0.1, 0.15) is 6.54 Å². The van der Waals surface area contributed by atoms with Gasteiger partial charge in [-0.3, -0.25) is 9.59 Å². The third-order valence-corrected chi connectivity index (χ3v) is 4.89. The number of hydrogen-bond donors (Lipinski definition) is 0. The predicted octanol–water partition coefficient (Wildman–Crippen LogP) is 1.89. The molecule has 1 aromatic rings. The van der Waals surface area contributed by atoms with Gasteiger partial charge in [0.25, 0.3) is 0 Å². The molecule has 1 fully saturated rings. The lowest BCUT2D eigenvalue weighted by Gasteiger charge is -2.36. The van der Waals surface area contributed by atoms with Gasteiger partial charge in [-0.05, 0) is 31.4 Å². The van der Waals surface area contributed by atoms with Crippen molar-refractivity contribution in [1.29, 1.82) is 0 Å². The molecule has 1 aromatic carbocycles. The molecule has 1 atom stereocenters. The lowest BCUT2D eigenvalue weighted by molar-refractivity contribution is -0.131. The van der Waals surface area contributed by atoms with Crippen molar-refractivity contribution >= 4 is 29.3 Å². The van der Waals surface area contributed by atoms with Crippen molar-refractivity contribution in [2.75, 3.05) is 23.1 Å². The zero-order chi connectivity index (χ0) is 14.1. The summed E-state index contributed by atoms with van der Waals surface area (Å²) >= 11 is 1.57. The van der Waals surface area contributed by atoms with Crippen LogP contribution in [0.15, 0.2) is 24.3 Å². The first-order valence-electron chi connectivity index (χ1n) is 6.92.